The molecule has 15 heavy (non-hydrogen) atoms. The minimum atomic E-state index is -0.472. The first-order chi connectivity index (χ1) is 6.93. The van der Waals surface area contributed by atoms with E-state index >= 15 is 0 Å². The molecule has 0 aromatic carbocycles. The fourth-order valence-corrected chi connectivity index (χ4v) is 2.72. The fraction of sp³-hybridized carbons (Fsp3) is 1.00. The lowest BCUT2D eigenvalue weighted by Crippen LogP contribution is -2.46. The van der Waals surface area contributed by atoms with Crippen LogP contribution in [0.15, 0.2) is 0 Å². The van der Waals surface area contributed by atoms with E-state index in [2.05, 4.69) is 20.8 Å². The van der Waals surface area contributed by atoms with Gasteiger partial charge in [-0.1, -0.05) is 27.2 Å². The van der Waals surface area contributed by atoms with Gasteiger partial charge >= 0.3 is 0 Å². The molecule has 1 aliphatic carbocycles. The first-order valence-corrected chi connectivity index (χ1v) is 6.36. The molecule has 3 N–H and O–H groups in total. The molecule has 0 amide bonds. The smallest absolute Gasteiger partial charge is 0.0688 e. The lowest BCUT2D eigenvalue weighted by Gasteiger charge is -2.44. The van der Waals surface area contributed by atoms with Crippen molar-refractivity contribution >= 4 is 0 Å². The van der Waals surface area contributed by atoms with Crippen molar-refractivity contribution in [2.45, 2.75) is 64.9 Å². The Hall–Kier alpha value is -0.0800. The Labute approximate surface area is 94.2 Å². The molecule has 0 radical (unpaired) electrons. The Morgan fingerprint density at radius 3 is 2.13 bits per heavy atom. The van der Waals surface area contributed by atoms with Crippen LogP contribution in [-0.4, -0.2) is 17.3 Å². The molecule has 0 aliphatic heterocycles. The van der Waals surface area contributed by atoms with Crippen LogP contribution in [0.2, 0.25) is 0 Å². The van der Waals surface area contributed by atoms with Gasteiger partial charge in [-0.15, -0.1) is 0 Å². The van der Waals surface area contributed by atoms with E-state index in [0.717, 1.165) is 38.5 Å². The molecule has 1 fully saturated rings. The van der Waals surface area contributed by atoms with Gasteiger partial charge < -0.3 is 10.8 Å². The lowest BCUT2D eigenvalue weighted by molar-refractivity contribution is -0.0713. The van der Waals surface area contributed by atoms with Crippen LogP contribution in [0, 0.1) is 11.3 Å². The molecular formula is C13H27NO. The summed E-state index contributed by atoms with van der Waals surface area (Å²) < 4.78 is 0. The first-order valence-electron chi connectivity index (χ1n) is 6.36. The van der Waals surface area contributed by atoms with Crippen molar-refractivity contribution in [2.24, 2.45) is 17.1 Å². The summed E-state index contributed by atoms with van der Waals surface area (Å²) in [7, 11) is 0. The summed E-state index contributed by atoms with van der Waals surface area (Å²) in [5, 5.41) is 10.6. The van der Waals surface area contributed by atoms with Gasteiger partial charge in [-0.05, 0) is 50.0 Å². The number of rotatable bonds is 4. The van der Waals surface area contributed by atoms with Gasteiger partial charge in [0.15, 0.2) is 0 Å². The van der Waals surface area contributed by atoms with E-state index in [1.807, 2.05) is 0 Å². The summed E-state index contributed by atoms with van der Waals surface area (Å²) in [6.45, 7) is 7.39. The molecule has 1 atom stereocenters. The number of hydrogen-bond acceptors (Lipinski definition) is 2. The van der Waals surface area contributed by atoms with Crippen LogP contribution in [0.5, 0.6) is 0 Å². The topological polar surface area (TPSA) is 46.2 Å². The second-order valence-corrected chi connectivity index (χ2v) is 5.99. The minimum Gasteiger partial charge on any atom is -0.390 e. The van der Waals surface area contributed by atoms with Crippen molar-refractivity contribution < 1.29 is 5.11 Å². The molecule has 0 aromatic heterocycles. The van der Waals surface area contributed by atoms with E-state index < -0.39 is 5.60 Å². The van der Waals surface area contributed by atoms with Gasteiger partial charge in [-0.25, -0.2) is 0 Å². The Kier molecular flexibility index (Phi) is 4.19. The predicted molar refractivity (Wildman–Crippen MR) is 64.7 cm³/mol. The van der Waals surface area contributed by atoms with Gasteiger partial charge in [-0.3, -0.25) is 0 Å². The molecule has 1 aliphatic rings. The summed E-state index contributed by atoms with van der Waals surface area (Å²) >= 11 is 0. The molecular weight excluding hydrogens is 186 g/mol. The highest BCUT2D eigenvalue weighted by Gasteiger charge is 2.41. The average molecular weight is 213 g/mol. The summed E-state index contributed by atoms with van der Waals surface area (Å²) in [6.07, 6.45) is 6.30. The van der Waals surface area contributed by atoms with E-state index in [1.165, 1.54) is 0 Å². The molecule has 0 saturated heterocycles. The second-order valence-electron chi connectivity index (χ2n) is 5.99. The van der Waals surface area contributed by atoms with Gasteiger partial charge in [0.2, 0.25) is 0 Å². The lowest BCUT2D eigenvalue weighted by atomic mass is 9.66. The molecule has 0 bridgehead atoms. The highest BCUT2D eigenvalue weighted by molar-refractivity contribution is 4.93. The van der Waals surface area contributed by atoms with Crippen LogP contribution in [0.25, 0.3) is 0 Å². The Morgan fingerprint density at radius 1 is 1.20 bits per heavy atom. The van der Waals surface area contributed by atoms with Crippen LogP contribution < -0.4 is 5.73 Å². The van der Waals surface area contributed by atoms with Gasteiger partial charge in [0.05, 0.1) is 5.60 Å². The summed E-state index contributed by atoms with van der Waals surface area (Å²) in [5.41, 5.74) is 5.72. The Balaban J connectivity index is 2.59. The summed E-state index contributed by atoms with van der Waals surface area (Å²) in [4.78, 5) is 0. The van der Waals surface area contributed by atoms with Gasteiger partial charge in [0, 0.05) is 0 Å². The van der Waals surface area contributed by atoms with Crippen LogP contribution in [0.4, 0.5) is 0 Å². The Morgan fingerprint density at radius 2 is 1.73 bits per heavy atom. The zero-order chi connectivity index (χ0) is 11.5. The minimum absolute atomic E-state index is 0.304. The SMILES string of the molecule is CCCC(CN)C1(O)CCC(C)(C)CC1. The fourth-order valence-electron chi connectivity index (χ4n) is 2.72. The molecule has 90 valence electrons. The third-order valence-corrected chi connectivity index (χ3v) is 4.15. The molecule has 0 aromatic rings. The van der Waals surface area contributed by atoms with Gasteiger partial charge in [0.25, 0.3) is 0 Å². The highest BCUT2D eigenvalue weighted by Crippen LogP contribution is 2.44. The molecule has 2 heteroatoms. The molecule has 2 nitrogen and oxygen atoms in total. The van der Waals surface area contributed by atoms with E-state index in [9.17, 15) is 5.11 Å². The van der Waals surface area contributed by atoms with Crippen LogP contribution in [0.1, 0.15) is 59.3 Å². The summed E-state index contributed by atoms with van der Waals surface area (Å²) in [6, 6.07) is 0. The van der Waals surface area contributed by atoms with Crippen molar-refractivity contribution in [3.63, 3.8) is 0 Å². The van der Waals surface area contributed by atoms with Crippen LogP contribution >= 0.6 is 0 Å². The molecule has 1 saturated carbocycles. The van der Waals surface area contributed by atoms with Gasteiger partial charge in [0.1, 0.15) is 0 Å². The predicted octanol–water partition coefficient (Wildman–Crippen LogP) is 2.69. The third-order valence-electron chi connectivity index (χ3n) is 4.15. The Bertz CT molecular complexity index is 191. The van der Waals surface area contributed by atoms with Crippen molar-refractivity contribution in [1.82, 2.24) is 0 Å². The van der Waals surface area contributed by atoms with Crippen molar-refractivity contribution in [3.8, 4) is 0 Å². The van der Waals surface area contributed by atoms with E-state index in [-0.39, 0.29) is 0 Å². The maximum Gasteiger partial charge on any atom is 0.0688 e. The highest BCUT2D eigenvalue weighted by atomic mass is 16.3. The first kappa shape index (κ1) is 13.0. The molecule has 0 heterocycles. The number of aliphatic hydroxyl groups is 1. The second kappa shape index (κ2) is 4.84. The standard InChI is InChI=1S/C13H27NO/c1-4-5-11(10-14)13(15)8-6-12(2,3)7-9-13/h11,15H,4-10,14H2,1-3H3. The number of hydrogen-bond donors (Lipinski definition) is 2. The molecule has 0 spiro atoms. The van der Waals surface area contributed by atoms with Crippen LogP contribution in [0.3, 0.4) is 0 Å². The van der Waals surface area contributed by atoms with Gasteiger partial charge in [-0.2, -0.15) is 0 Å². The zero-order valence-corrected chi connectivity index (χ0v) is 10.6. The van der Waals surface area contributed by atoms with E-state index in [0.29, 0.717) is 17.9 Å². The van der Waals surface area contributed by atoms with E-state index in [1.54, 1.807) is 0 Å². The maximum absolute atomic E-state index is 10.6. The third kappa shape index (κ3) is 3.18. The van der Waals surface area contributed by atoms with Crippen molar-refractivity contribution in [2.75, 3.05) is 6.54 Å². The quantitative estimate of drug-likeness (QED) is 0.754. The summed E-state index contributed by atoms with van der Waals surface area (Å²) in [5.74, 6) is 0.304. The number of nitrogens with two attached hydrogens (primary N) is 1. The normalized spacial score (nSPS) is 26.2. The van der Waals surface area contributed by atoms with E-state index in [4.69, 9.17) is 5.73 Å². The maximum atomic E-state index is 10.6. The largest absolute Gasteiger partial charge is 0.390 e. The van der Waals surface area contributed by atoms with Crippen molar-refractivity contribution in [3.05, 3.63) is 0 Å². The van der Waals surface area contributed by atoms with Crippen LogP contribution in [-0.2, 0) is 0 Å². The van der Waals surface area contributed by atoms with Crippen molar-refractivity contribution in [1.29, 1.82) is 0 Å². The average Bonchev–Trinajstić information content (AvgIpc) is 2.19. The molecule has 1 unspecified atom stereocenters. The zero-order valence-electron chi connectivity index (χ0n) is 10.6. The molecule has 1 rings (SSSR count). The monoisotopic (exact) mass is 213 g/mol.